The van der Waals surface area contributed by atoms with Crippen LogP contribution in [0.2, 0.25) is 0 Å². The highest BCUT2D eigenvalue weighted by Gasteiger charge is 2.38. The smallest absolute Gasteiger partial charge is 0.162 e. The molecule has 0 amide bonds. The Balaban J connectivity index is 1.69. The molecule has 0 bridgehead atoms. The van der Waals surface area contributed by atoms with E-state index in [1.165, 1.54) is 0 Å². The number of nitrogens with one attached hydrogen (secondary N) is 2. The molecule has 2 heterocycles. The number of para-hydroxylation sites is 1. The lowest BCUT2D eigenvalue weighted by atomic mass is 10.0. The summed E-state index contributed by atoms with van der Waals surface area (Å²) in [5, 5.41) is 6.61. The van der Waals surface area contributed by atoms with E-state index in [1.807, 2.05) is 61.4 Å². The number of hydrogen-bond acceptors (Lipinski definition) is 5. The van der Waals surface area contributed by atoms with Gasteiger partial charge in [-0.15, -0.1) is 0 Å². The van der Waals surface area contributed by atoms with Crippen LogP contribution in [0.3, 0.4) is 0 Å². The number of hydrazine groups is 1. The maximum absolute atomic E-state index is 11.8. The van der Waals surface area contributed by atoms with Crippen LogP contribution >= 0.6 is 0 Å². The average Bonchev–Trinajstić information content (AvgIpc) is 2.90. The van der Waals surface area contributed by atoms with Crippen LogP contribution in [0, 0.1) is 0 Å². The molecule has 0 saturated heterocycles. The Kier molecular flexibility index (Phi) is 3.89. The molecular weight excluding hydrogens is 324 g/mol. The molecule has 1 aliphatic rings. The number of benzene rings is 2. The quantitative estimate of drug-likeness (QED) is 0.698. The Bertz CT molecular complexity index is 983. The molecule has 2 aromatic carbocycles. The molecule has 1 unspecified atom stereocenters. The summed E-state index contributed by atoms with van der Waals surface area (Å²) in [7, 11) is 1.97. The lowest BCUT2D eigenvalue weighted by Crippen LogP contribution is -2.47. The molecule has 132 valence electrons. The summed E-state index contributed by atoms with van der Waals surface area (Å²) in [5.74, 6) is 1.07. The molecule has 5 nitrogen and oxygen atoms in total. The Morgan fingerprint density at radius 1 is 1.19 bits per heavy atom. The van der Waals surface area contributed by atoms with E-state index in [0.717, 1.165) is 33.5 Å². The lowest BCUT2D eigenvalue weighted by molar-refractivity contribution is 0.0988. The first kappa shape index (κ1) is 16.5. The van der Waals surface area contributed by atoms with E-state index in [2.05, 4.69) is 29.8 Å². The standard InChI is InChI=1S/C21H22N4O/c1-4-19(26)14-9-11-16(12-10-14)23-21(2)17-13-15-7-5-6-8-18(15)22-20(17)25(3)24-21/h5-13,23-24H,4H2,1-3H3. The van der Waals surface area contributed by atoms with E-state index in [9.17, 15) is 4.79 Å². The molecule has 4 rings (SSSR count). The minimum atomic E-state index is -0.489. The first-order chi connectivity index (χ1) is 12.5. The van der Waals surface area contributed by atoms with Gasteiger partial charge >= 0.3 is 0 Å². The number of pyridine rings is 1. The minimum Gasteiger partial charge on any atom is -0.362 e. The van der Waals surface area contributed by atoms with Crippen molar-refractivity contribution in [3.8, 4) is 0 Å². The second-order valence-electron chi connectivity index (χ2n) is 6.83. The molecule has 5 heteroatoms. The third-order valence-electron chi connectivity index (χ3n) is 4.87. The molecule has 1 atom stereocenters. The molecule has 26 heavy (non-hydrogen) atoms. The predicted molar refractivity (Wildman–Crippen MR) is 105 cm³/mol. The molecule has 0 saturated carbocycles. The van der Waals surface area contributed by atoms with Crippen molar-refractivity contribution in [3.63, 3.8) is 0 Å². The van der Waals surface area contributed by atoms with Crippen LogP contribution in [0.4, 0.5) is 11.5 Å². The number of Topliss-reactive ketones (excluding diaryl/α,β-unsaturated/α-hetero) is 1. The third-order valence-corrected chi connectivity index (χ3v) is 4.87. The SMILES string of the molecule is CCC(=O)c1ccc(NC2(C)NN(C)c3nc4ccccc4cc32)cc1. The molecule has 0 fully saturated rings. The van der Waals surface area contributed by atoms with Crippen LogP contribution in [0.15, 0.2) is 54.6 Å². The van der Waals surface area contributed by atoms with Crippen molar-refractivity contribution in [3.05, 3.63) is 65.7 Å². The number of anilines is 2. The number of ketones is 1. The molecule has 1 aliphatic heterocycles. The van der Waals surface area contributed by atoms with Gasteiger partial charge in [0.25, 0.3) is 0 Å². The molecule has 0 aliphatic carbocycles. The van der Waals surface area contributed by atoms with Gasteiger partial charge in [-0.3, -0.25) is 9.80 Å². The summed E-state index contributed by atoms with van der Waals surface area (Å²) >= 11 is 0. The van der Waals surface area contributed by atoms with E-state index >= 15 is 0 Å². The van der Waals surface area contributed by atoms with E-state index in [1.54, 1.807) is 0 Å². The largest absolute Gasteiger partial charge is 0.362 e. The fourth-order valence-corrected chi connectivity index (χ4v) is 3.51. The van der Waals surface area contributed by atoms with Gasteiger partial charge in [0, 0.05) is 35.7 Å². The summed E-state index contributed by atoms with van der Waals surface area (Å²) in [6.45, 7) is 3.97. The van der Waals surface area contributed by atoms with Gasteiger partial charge < -0.3 is 5.32 Å². The van der Waals surface area contributed by atoms with E-state index in [4.69, 9.17) is 4.98 Å². The highest BCUT2D eigenvalue weighted by molar-refractivity contribution is 5.96. The molecule has 3 aromatic rings. The number of hydrogen-bond donors (Lipinski definition) is 2. The van der Waals surface area contributed by atoms with Crippen molar-refractivity contribution < 1.29 is 4.79 Å². The number of rotatable bonds is 4. The van der Waals surface area contributed by atoms with Crippen molar-refractivity contribution >= 4 is 28.2 Å². The van der Waals surface area contributed by atoms with Gasteiger partial charge in [0.2, 0.25) is 0 Å². The zero-order valence-corrected chi connectivity index (χ0v) is 15.2. The van der Waals surface area contributed by atoms with Crippen LogP contribution in [0.25, 0.3) is 10.9 Å². The van der Waals surface area contributed by atoms with Gasteiger partial charge in [-0.2, -0.15) is 0 Å². The molecule has 0 radical (unpaired) electrons. The number of fused-ring (bicyclic) bond motifs is 2. The molecule has 1 aromatic heterocycles. The van der Waals surface area contributed by atoms with E-state index in [-0.39, 0.29) is 5.78 Å². The maximum atomic E-state index is 11.8. The van der Waals surface area contributed by atoms with Crippen LogP contribution in [-0.4, -0.2) is 17.8 Å². The number of carbonyl (C=O) groups is 1. The second-order valence-corrected chi connectivity index (χ2v) is 6.83. The first-order valence-electron chi connectivity index (χ1n) is 8.83. The Hall–Kier alpha value is -2.92. The highest BCUT2D eigenvalue weighted by Crippen LogP contribution is 2.37. The first-order valence-corrected chi connectivity index (χ1v) is 8.83. The summed E-state index contributed by atoms with van der Waals surface area (Å²) in [6.07, 6.45) is 0.517. The zero-order chi connectivity index (χ0) is 18.3. The molecular formula is C21H22N4O. The van der Waals surface area contributed by atoms with Crippen molar-refractivity contribution in [2.75, 3.05) is 17.4 Å². The summed E-state index contributed by atoms with van der Waals surface area (Å²) in [6, 6.07) is 17.9. The van der Waals surface area contributed by atoms with Gasteiger partial charge in [0.1, 0.15) is 11.5 Å². The topological polar surface area (TPSA) is 57.3 Å². The van der Waals surface area contributed by atoms with Crippen LogP contribution in [0.1, 0.15) is 36.2 Å². The summed E-state index contributed by atoms with van der Waals surface area (Å²) < 4.78 is 0. The van der Waals surface area contributed by atoms with Crippen LogP contribution < -0.4 is 15.8 Å². The van der Waals surface area contributed by atoms with Crippen molar-refractivity contribution in [1.29, 1.82) is 0 Å². The molecule has 2 N–H and O–H groups in total. The second kappa shape index (κ2) is 6.11. The zero-order valence-electron chi connectivity index (χ0n) is 15.2. The number of nitrogens with zero attached hydrogens (tertiary/aromatic N) is 2. The van der Waals surface area contributed by atoms with Gasteiger partial charge in [0.15, 0.2) is 5.78 Å². The van der Waals surface area contributed by atoms with E-state index in [0.29, 0.717) is 6.42 Å². The van der Waals surface area contributed by atoms with Crippen molar-refractivity contribution in [2.45, 2.75) is 25.9 Å². The molecule has 0 spiro atoms. The predicted octanol–water partition coefficient (Wildman–Crippen LogP) is 4.07. The van der Waals surface area contributed by atoms with Gasteiger partial charge in [-0.25, -0.2) is 10.4 Å². The Morgan fingerprint density at radius 3 is 2.65 bits per heavy atom. The number of carbonyl (C=O) groups excluding carboxylic acids is 1. The Morgan fingerprint density at radius 2 is 1.92 bits per heavy atom. The van der Waals surface area contributed by atoms with Gasteiger partial charge in [-0.05, 0) is 43.3 Å². The third kappa shape index (κ3) is 2.70. The average molecular weight is 346 g/mol. The minimum absolute atomic E-state index is 0.155. The number of aromatic nitrogens is 1. The van der Waals surface area contributed by atoms with Gasteiger partial charge in [0.05, 0.1) is 5.52 Å². The Labute approximate surface area is 153 Å². The fourth-order valence-electron chi connectivity index (χ4n) is 3.51. The van der Waals surface area contributed by atoms with Crippen LogP contribution in [0.5, 0.6) is 0 Å². The lowest BCUT2D eigenvalue weighted by Gasteiger charge is -2.29. The maximum Gasteiger partial charge on any atom is 0.162 e. The van der Waals surface area contributed by atoms with Gasteiger partial charge in [-0.1, -0.05) is 25.1 Å². The van der Waals surface area contributed by atoms with Crippen LogP contribution in [-0.2, 0) is 5.66 Å². The monoisotopic (exact) mass is 346 g/mol. The highest BCUT2D eigenvalue weighted by atomic mass is 16.1. The fraction of sp³-hybridized carbons (Fsp3) is 0.238. The normalized spacial score (nSPS) is 18.8. The van der Waals surface area contributed by atoms with E-state index < -0.39 is 5.66 Å². The summed E-state index contributed by atoms with van der Waals surface area (Å²) in [5.41, 5.74) is 6.73. The summed E-state index contributed by atoms with van der Waals surface area (Å²) in [4.78, 5) is 16.6. The van der Waals surface area contributed by atoms with Crippen molar-refractivity contribution in [1.82, 2.24) is 10.4 Å². The van der Waals surface area contributed by atoms with Crippen molar-refractivity contribution in [2.24, 2.45) is 0 Å².